The van der Waals surface area contributed by atoms with E-state index < -0.39 is 28.9 Å². The van der Waals surface area contributed by atoms with Crippen LogP contribution >= 0.6 is 23.2 Å². The zero-order valence-electron chi connectivity index (χ0n) is 23.6. The third-order valence-corrected chi connectivity index (χ3v) is 10.3. The molecule has 0 aromatic heterocycles. The van der Waals surface area contributed by atoms with Gasteiger partial charge in [-0.2, -0.15) is 0 Å². The highest BCUT2D eigenvalue weighted by molar-refractivity contribution is 6.42. The van der Waals surface area contributed by atoms with Gasteiger partial charge >= 0.3 is 0 Å². The van der Waals surface area contributed by atoms with Crippen molar-refractivity contribution in [2.45, 2.75) is 82.2 Å². The van der Waals surface area contributed by atoms with Crippen molar-refractivity contribution >= 4 is 35.0 Å². The van der Waals surface area contributed by atoms with E-state index in [1.165, 1.54) is 19.1 Å². The number of nitrogens with zero attached hydrogens (tertiary/aromatic N) is 1. The van der Waals surface area contributed by atoms with Crippen molar-refractivity contribution in [3.8, 4) is 5.75 Å². The summed E-state index contributed by atoms with van der Waals surface area (Å²) in [5.41, 5.74) is -0.739. The molecule has 0 spiro atoms. The van der Waals surface area contributed by atoms with E-state index in [9.17, 15) is 9.59 Å². The number of carbonyl (C=O) groups excluding carboxylic acids is 2. The van der Waals surface area contributed by atoms with Crippen LogP contribution in [0.1, 0.15) is 69.0 Å². The first-order valence-corrected chi connectivity index (χ1v) is 14.9. The van der Waals surface area contributed by atoms with E-state index in [1.54, 1.807) is 7.11 Å². The van der Waals surface area contributed by atoms with Crippen LogP contribution in [-0.4, -0.2) is 48.6 Å². The Morgan fingerprint density at radius 3 is 2.37 bits per heavy atom. The Labute approximate surface area is 250 Å². The van der Waals surface area contributed by atoms with Crippen molar-refractivity contribution in [2.75, 3.05) is 14.2 Å². The minimum Gasteiger partial charge on any atom is -0.497 e. The van der Waals surface area contributed by atoms with Gasteiger partial charge in [-0.3, -0.25) is 14.5 Å². The summed E-state index contributed by atoms with van der Waals surface area (Å²) in [6, 6.07) is 9.26. The Balaban J connectivity index is 1.38. The van der Waals surface area contributed by atoms with Crippen LogP contribution in [0.2, 0.25) is 10.0 Å². The van der Waals surface area contributed by atoms with E-state index in [0.717, 1.165) is 11.3 Å². The lowest BCUT2D eigenvalue weighted by molar-refractivity contribution is -0.127. The smallest absolute Gasteiger partial charge is 0.223 e. The topological polar surface area (TPSA) is 70.7 Å². The van der Waals surface area contributed by atoms with Gasteiger partial charge in [-0.05, 0) is 87.2 Å². The maximum atomic E-state index is 15.4. The molecule has 2 bridgehead atoms. The molecule has 5 rings (SSSR count). The summed E-state index contributed by atoms with van der Waals surface area (Å²) >= 11 is 12.8. The van der Waals surface area contributed by atoms with Crippen LogP contribution in [0, 0.1) is 17.2 Å². The van der Waals surface area contributed by atoms with Crippen LogP contribution in [0.3, 0.4) is 0 Å². The largest absolute Gasteiger partial charge is 0.497 e. The van der Waals surface area contributed by atoms with Crippen LogP contribution in [0.4, 0.5) is 8.78 Å². The normalized spacial score (nSPS) is 29.5. The minimum absolute atomic E-state index is 0.0502. The minimum atomic E-state index is -1.30. The maximum Gasteiger partial charge on any atom is 0.223 e. The number of benzene rings is 2. The molecule has 10 heteroatoms. The van der Waals surface area contributed by atoms with Gasteiger partial charge in [0.1, 0.15) is 17.2 Å². The number of hydrogen-bond acceptors (Lipinski definition) is 4. The average molecular weight is 609 g/mol. The number of rotatable bonds is 9. The SMILES string of the molecule is COc1ccc(CN(C)[C@@H]2CC(C(=O)N[C@H](c3c(F)ccc(Cl)c3Cl)C34CCC(F)(CC3)C4)C[C@@H]2NC(C)=O)cc1. The van der Waals surface area contributed by atoms with Gasteiger partial charge in [0.2, 0.25) is 11.8 Å². The molecule has 2 N–H and O–H groups in total. The van der Waals surface area contributed by atoms with Crippen LogP contribution in [-0.2, 0) is 16.1 Å². The number of ether oxygens (including phenoxy) is 1. The lowest BCUT2D eigenvalue weighted by Gasteiger charge is -2.38. The summed E-state index contributed by atoms with van der Waals surface area (Å²) in [6.07, 6.45) is 3.01. The molecule has 3 fully saturated rings. The van der Waals surface area contributed by atoms with Crippen molar-refractivity contribution in [1.29, 1.82) is 0 Å². The van der Waals surface area contributed by atoms with Crippen LogP contribution < -0.4 is 15.4 Å². The molecule has 0 radical (unpaired) electrons. The second kappa shape index (κ2) is 11.7. The lowest BCUT2D eigenvalue weighted by atomic mass is 9.74. The van der Waals surface area contributed by atoms with Crippen molar-refractivity contribution in [1.82, 2.24) is 15.5 Å². The zero-order valence-corrected chi connectivity index (χ0v) is 25.1. The first kappa shape index (κ1) is 30.1. The number of fused-ring (bicyclic) bond motifs is 2. The maximum absolute atomic E-state index is 15.4. The van der Waals surface area contributed by atoms with Crippen molar-refractivity contribution in [3.05, 3.63) is 63.4 Å². The molecule has 3 aliphatic rings. The van der Waals surface area contributed by atoms with E-state index in [-0.39, 0.29) is 45.9 Å². The summed E-state index contributed by atoms with van der Waals surface area (Å²) in [5, 5.41) is 6.39. The van der Waals surface area contributed by atoms with Crippen LogP contribution in [0.5, 0.6) is 5.75 Å². The highest BCUT2D eigenvalue weighted by Crippen LogP contribution is 2.64. The highest BCUT2D eigenvalue weighted by atomic mass is 35.5. The number of likely N-dealkylation sites (N-methyl/N-ethyl adjacent to an activating group) is 1. The molecule has 4 atom stereocenters. The van der Waals surface area contributed by atoms with Gasteiger partial charge in [0, 0.05) is 37.0 Å². The second-order valence-electron chi connectivity index (χ2n) is 12.2. The van der Waals surface area contributed by atoms with E-state index in [1.807, 2.05) is 31.3 Å². The Bertz CT molecular complexity index is 1300. The quantitative estimate of drug-likeness (QED) is 0.324. The van der Waals surface area contributed by atoms with E-state index in [0.29, 0.717) is 45.1 Å². The Morgan fingerprint density at radius 2 is 1.78 bits per heavy atom. The molecule has 1 unspecified atom stereocenters. The number of halogens is 4. The molecular formula is C31H37Cl2F2N3O3. The molecule has 222 valence electrons. The third-order valence-electron chi connectivity index (χ3n) is 9.52. The molecule has 2 amide bonds. The van der Waals surface area contributed by atoms with Crippen molar-refractivity contribution < 1.29 is 23.1 Å². The summed E-state index contributed by atoms with van der Waals surface area (Å²) < 4.78 is 35.9. The first-order chi connectivity index (χ1) is 19.4. The van der Waals surface area contributed by atoms with Gasteiger partial charge in [0.25, 0.3) is 0 Å². The summed E-state index contributed by atoms with van der Waals surface area (Å²) in [6.45, 7) is 2.09. The van der Waals surface area contributed by atoms with Crippen LogP contribution in [0.25, 0.3) is 0 Å². The fraction of sp³-hybridized carbons (Fsp3) is 0.548. The Kier molecular flexibility index (Phi) is 8.57. The first-order valence-electron chi connectivity index (χ1n) is 14.2. The predicted molar refractivity (Wildman–Crippen MR) is 155 cm³/mol. The van der Waals surface area contributed by atoms with Crippen molar-refractivity contribution in [2.24, 2.45) is 11.3 Å². The number of carbonyl (C=O) groups is 2. The number of hydrogen-bond donors (Lipinski definition) is 2. The Hall–Kier alpha value is -2.42. The number of alkyl halides is 1. The van der Waals surface area contributed by atoms with Crippen molar-refractivity contribution in [3.63, 3.8) is 0 Å². The molecule has 41 heavy (non-hydrogen) atoms. The van der Waals surface area contributed by atoms with Gasteiger partial charge in [-0.25, -0.2) is 8.78 Å². The zero-order chi connectivity index (χ0) is 29.5. The fourth-order valence-corrected chi connectivity index (χ4v) is 7.87. The standard InChI is InChI=1S/C31H37Cl2F2N3O3/c1-18(39)36-24-14-20(15-25(24)38(2)16-19-4-6-21(41-3)7-5-19)29(40)37-28(26-23(34)9-8-22(32)27(26)33)30-10-12-31(35,17-30)13-11-30/h4-9,20,24-25,28H,10-17H2,1-3H3,(H,36,39)(H,37,40)/t20?,24-,25+,28+,30?,31?/m0/s1. The highest BCUT2D eigenvalue weighted by Gasteiger charge is 2.59. The molecule has 0 saturated heterocycles. The van der Waals surface area contributed by atoms with E-state index >= 15 is 8.78 Å². The molecule has 0 heterocycles. The number of amides is 2. The fourth-order valence-electron chi connectivity index (χ4n) is 7.44. The molecule has 3 saturated carbocycles. The third kappa shape index (κ3) is 6.06. The van der Waals surface area contributed by atoms with Gasteiger partial charge in [0.05, 0.1) is 23.2 Å². The molecule has 2 aromatic carbocycles. The monoisotopic (exact) mass is 607 g/mol. The van der Waals surface area contributed by atoms with E-state index in [4.69, 9.17) is 27.9 Å². The summed E-state index contributed by atoms with van der Waals surface area (Å²) in [4.78, 5) is 28.2. The summed E-state index contributed by atoms with van der Waals surface area (Å²) in [7, 11) is 3.60. The Morgan fingerprint density at radius 1 is 1.10 bits per heavy atom. The average Bonchev–Trinajstić information content (AvgIpc) is 3.62. The van der Waals surface area contributed by atoms with Gasteiger partial charge in [-0.15, -0.1) is 0 Å². The molecule has 0 aliphatic heterocycles. The molecule has 6 nitrogen and oxygen atoms in total. The van der Waals surface area contributed by atoms with Gasteiger partial charge in [-0.1, -0.05) is 35.3 Å². The number of methoxy groups -OCH3 is 1. The van der Waals surface area contributed by atoms with Crippen LogP contribution in [0.15, 0.2) is 36.4 Å². The second-order valence-corrected chi connectivity index (χ2v) is 13.0. The van der Waals surface area contributed by atoms with Gasteiger partial charge in [0.15, 0.2) is 0 Å². The molecular weight excluding hydrogens is 571 g/mol. The molecule has 3 aliphatic carbocycles. The molecule has 2 aromatic rings. The summed E-state index contributed by atoms with van der Waals surface area (Å²) in [5.74, 6) is -0.654. The predicted octanol–water partition coefficient (Wildman–Crippen LogP) is 6.39. The van der Waals surface area contributed by atoms with Gasteiger partial charge < -0.3 is 15.4 Å². The lowest BCUT2D eigenvalue weighted by Crippen LogP contribution is -2.46. The van der Waals surface area contributed by atoms with E-state index in [2.05, 4.69) is 15.5 Å². The number of nitrogens with one attached hydrogen (secondary N) is 2.